The highest BCUT2D eigenvalue weighted by atomic mass is 16.5. The number of aromatic amines is 1. The van der Waals surface area contributed by atoms with Gasteiger partial charge >= 0.3 is 0 Å². The Balaban J connectivity index is 1.41. The standard InChI is InChI=1S/C26H28N4O3/c1-4-5-8-13-30-21-15-20-19(14-18(21)26(2,3)25(30)31)28-24(29-20)16-32-22-10-7-6-9-17(22)23-11-12-27-33-23/h6-7,9-12,14-15H,4-5,8,13,16H2,1-3H3,(H,28,29). The molecule has 4 aromatic rings. The predicted octanol–water partition coefficient (Wildman–Crippen LogP) is 5.61. The van der Waals surface area contributed by atoms with Crippen LogP contribution in [0.2, 0.25) is 0 Å². The third-order valence-electron chi connectivity index (χ3n) is 6.33. The van der Waals surface area contributed by atoms with Crippen LogP contribution in [-0.2, 0) is 16.8 Å². The van der Waals surface area contributed by atoms with Crippen molar-refractivity contribution >= 4 is 22.6 Å². The maximum atomic E-state index is 13.1. The number of anilines is 1. The number of para-hydroxylation sites is 1. The number of benzene rings is 2. The number of imidazole rings is 1. The molecule has 0 fully saturated rings. The first-order chi connectivity index (χ1) is 16.0. The van der Waals surface area contributed by atoms with Gasteiger partial charge in [0.15, 0.2) is 5.76 Å². The lowest BCUT2D eigenvalue weighted by Crippen LogP contribution is -2.36. The molecule has 1 amide bonds. The van der Waals surface area contributed by atoms with Crippen molar-refractivity contribution in [3.63, 3.8) is 0 Å². The fraction of sp³-hybridized carbons (Fsp3) is 0.346. The molecular formula is C26H28N4O3. The summed E-state index contributed by atoms with van der Waals surface area (Å²) in [5, 5.41) is 3.79. The van der Waals surface area contributed by atoms with Crippen LogP contribution < -0.4 is 9.64 Å². The van der Waals surface area contributed by atoms with Crippen LogP contribution in [0.3, 0.4) is 0 Å². The maximum absolute atomic E-state index is 13.1. The zero-order chi connectivity index (χ0) is 23.0. The zero-order valence-corrected chi connectivity index (χ0v) is 19.2. The summed E-state index contributed by atoms with van der Waals surface area (Å²) in [6.07, 6.45) is 4.85. The minimum atomic E-state index is -0.548. The molecule has 2 aromatic carbocycles. The Morgan fingerprint density at radius 3 is 2.79 bits per heavy atom. The average Bonchev–Trinajstić information content (AvgIpc) is 3.52. The van der Waals surface area contributed by atoms with Gasteiger partial charge in [-0.1, -0.05) is 37.1 Å². The van der Waals surface area contributed by atoms with Gasteiger partial charge in [-0.25, -0.2) is 4.98 Å². The van der Waals surface area contributed by atoms with Gasteiger partial charge in [-0.2, -0.15) is 0 Å². The van der Waals surface area contributed by atoms with Crippen LogP contribution in [0.25, 0.3) is 22.4 Å². The minimum absolute atomic E-state index is 0.161. The van der Waals surface area contributed by atoms with Crippen LogP contribution in [0.1, 0.15) is 51.4 Å². The number of hydrogen-bond donors (Lipinski definition) is 1. The molecule has 0 aliphatic carbocycles. The van der Waals surface area contributed by atoms with Crippen LogP contribution >= 0.6 is 0 Å². The van der Waals surface area contributed by atoms with E-state index in [1.54, 1.807) is 12.3 Å². The number of nitrogens with zero attached hydrogens (tertiary/aromatic N) is 3. The van der Waals surface area contributed by atoms with Gasteiger partial charge in [-0.15, -0.1) is 0 Å². The van der Waals surface area contributed by atoms with E-state index in [0.717, 1.165) is 59.5 Å². The molecule has 1 aliphatic heterocycles. The first-order valence-corrected chi connectivity index (χ1v) is 11.5. The summed E-state index contributed by atoms with van der Waals surface area (Å²) >= 11 is 0. The molecule has 33 heavy (non-hydrogen) atoms. The number of ether oxygens (including phenoxy) is 1. The van der Waals surface area contributed by atoms with Gasteiger partial charge in [-0.3, -0.25) is 4.79 Å². The molecular weight excluding hydrogens is 416 g/mol. The highest BCUT2D eigenvalue weighted by Gasteiger charge is 2.43. The van der Waals surface area contributed by atoms with Gasteiger partial charge in [-0.05, 0) is 50.1 Å². The molecule has 1 N–H and O–H groups in total. The van der Waals surface area contributed by atoms with Crippen LogP contribution in [0.5, 0.6) is 5.75 Å². The molecule has 0 unspecified atom stereocenters. The average molecular weight is 445 g/mol. The first-order valence-electron chi connectivity index (χ1n) is 11.5. The third kappa shape index (κ3) is 3.77. The molecule has 7 heteroatoms. The highest BCUT2D eigenvalue weighted by molar-refractivity contribution is 6.09. The van der Waals surface area contributed by atoms with Crippen molar-refractivity contribution in [1.82, 2.24) is 15.1 Å². The first kappa shape index (κ1) is 21.2. The van der Waals surface area contributed by atoms with E-state index in [4.69, 9.17) is 14.2 Å². The third-order valence-corrected chi connectivity index (χ3v) is 6.33. The lowest BCUT2D eigenvalue weighted by molar-refractivity contribution is -0.122. The quantitative estimate of drug-likeness (QED) is 0.357. The zero-order valence-electron chi connectivity index (χ0n) is 19.2. The van der Waals surface area contributed by atoms with Crippen LogP contribution in [0.15, 0.2) is 53.2 Å². The van der Waals surface area contributed by atoms with E-state index in [9.17, 15) is 4.79 Å². The molecule has 2 aromatic heterocycles. The van der Waals surface area contributed by atoms with Crippen LogP contribution in [0, 0.1) is 0 Å². The van der Waals surface area contributed by atoms with Crippen molar-refractivity contribution in [2.24, 2.45) is 0 Å². The summed E-state index contributed by atoms with van der Waals surface area (Å²) in [4.78, 5) is 23.1. The number of carbonyl (C=O) groups is 1. The fourth-order valence-electron chi connectivity index (χ4n) is 4.49. The van der Waals surface area contributed by atoms with E-state index in [-0.39, 0.29) is 12.5 Å². The molecule has 0 radical (unpaired) electrons. The molecule has 7 nitrogen and oxygen atoms in total. The Bertz CT molecular complexity index is 1290. The molecule has 3 heterocycles. The number of amides is 1. The van der Waals surface area contributed by atoms with Crippen molar-refractivity contribution in [3.8, 4) is 17.1 Å². The van der Waals surface area contributed by atoms with Crippen molar-refractivity contribution < 1.29 is 14.1 Å². The van der Waals surface area contributed by atoms with Gasteiger partial charge in [0.2, 0.25) is 5.91 Å². The van der Waals surface area contributed by atoms with Gasteiger partial charge in [0.1, 0.15) is 18.2 Å². The normalized spacial score (nSPS) is 14.8. The number of rotatable bonds is 8. The summed E-state index contributed by atoms with van der Waals surface area (Å²) in [5.41, 5.74) is 4.06. The van der Waals surface area contributed by atoms with E-state index in [1.807, 2.05) is 49.1 Å². The van der Waals surface area contributed by atoms with Gasteiger partial charge in [0.25, 0.3) is 0 Å². The van der Waals surface area contributed by atoms with Crippen molar-refractivity contribution in [1.29, 1.82) is 0 Å². The van der Waals surface area contributed by atoms with Gasteiger partial charge in [0, 0.05) is 12.6 Å². The second-order valence-electron chi connectivity index (χ2n) is 9.02. The van der Waals surface area contributed by atoms with Crippen molar-refractivity contribution in [3.05, 3.63) is 60.0 Å². The summed E-state index contributed by atoms with van der Waals surface area (Å²) < 4.78 is 11.4. The molecule has 170 valence electrons. The number of unbranched alkanes of at least 4 members (excludes halogenated alkanes) is 2. The van der Waals surface area contributed by atoms with E-state index in [2.05, 4.69) is 23.1 Å². The number of nitrogens with one attached hydrogen (secondary N) is 1. The summed E-state index contributed by atoms with van der Waals surface area (Å²) in [6, 6.07) is 13.6. The van der Waals surface area contributed by atoms with Gasteiger partial charge < -0.3 is 19.1 Å². The van der Waals surface area contributed by atoms with E-state index >= 15 is 0 Å². The topological polar surface area (TPSA) is 84.2 Å². The Morgan fingerprint density at radius 2 is 2.00 bits per heavy atom. The number of H-pyrrole nitrogens is 1. The van der Waals surface area contributed by atoms with Crippen LogP contribution in [-0.4, -0.2) is 27.6 Å². The SMILES string of the molecule is CCCCCN1C(=O)C(C)(C)c2cc3[nH]c(COc4ccccc4-c4ccno4)nc3cc21. The molecule has 0 spiro atoms. The lowest BCUT2D eigenvalue weighted by atomic mass is 9.86. The van der Waals surface area contributed by atoms with Crippen molar-refractivity contribution in [2.75, 3.05) is 11.4 Å². The highest BCUT2D eigenvalue weighted by Crippen LogP contribution is 2.43. The second kappa shape index (κ2) is 8.39. The number of carbonyl (C=O) groups excluding carboxylic acids is 1. The molecule has 0 saturated carbocycles. The molecule has 1 aliphatic rings. The molecule has 0 atom stereocenters. The molecule has 5 rings (SSSR count). The Morgan fingerprint density at radius 1 is 1.15 bits per heavy atom. The number of hydrogen-bond acceptors (Lipinski definition) is 5. The van der Waals surface area contributed by atoms with Gasteiger partial charge in [0.05, 0.1) is 33.9 Å². The maximum Gasteiger partial charge on any atom is 0.237 e. The Labute approximate surface area is 192 Å². The fourth-order valence-corrected chi connectivity index (χ4v) is 4.49. The summed E-state index contributed by atoms with van der Waals surface area (Å²) in [7, 11) is 0. The van der Waals surface area contributed by atoms with E-state index in [1.165, 1.54) is 0 Å². The van der Waals surface area contributed by atoms with Crippen molar-refractivity contribution in [2.45, 2.75) is 52.1 Å². The number of aromatic nitrogens is 3. The lowest BCUT2D eigenvalue weighted by Gasteiger charge is -2.20. The summed E-state index contributed by atoms with van der Waals surface area (Å²) in [6.45, 7) is 7.20. The van der Waals surface area contributed by atoms with Crippen LogP contribution in [0.4, 0.5) is 5.69 Å². The monoisotopic (exact) mass is 444 g/mol. The second-order valence-corrected chi connectivity index (χ2v) is 9.02. The number of fused-ring (bicyclic) bond motifs is 2. The smallest absolute Gasteiger partial charge is 0.237 e. The molecule has 0 saturated heterocycles. The predicted molar refractivity (Wildman–Crippen MR) is 127 cm³/mol. The molecule has 0 bridgehead atoms. The van der Waals surface area contributed by atoms with E-state index < -0.39 is 5.41 Å². The minimum Gasteiger partial charge on any atom is -0.485 e. The Kier molecular flexibility index (Phi) is 5.40. The Hall–Kier alpha value is -3.61. The largest absolute Gasteiger partial charge is 0.485 e. The van der Waals surface area contributed by atoms with E-state index in [0.29, 0.717) is 11.5 Å². The summed E-state index contributed by atoms with van der Waals surface area (Å²) in [5.74, 6) is 2.24.